The number of anilines is 1. The summed E-state index contributed by atoms with van der Waals surface area (Å²) in [7, 11) is 2.97. The van der Waals surface area contributed by atoms with E-state index in [1.807, 2.05) is 13.0 Å². The zero-order valence-electron chi connectivity index (χ0n) is 11.9. The standard InChI is InChI=1S/C15H15ClN2O3/c1-9-4-5-13(17-8-9)18-15(19)10-6-11(16)14(21-3)12(7-10)20-2/h4-8H,1-3H3,(H,17,18,19). The van der Waals surface area contributed by atoms with E-state index >= 15 is 0 Å². The molecule has 0 atom stereocenters. The summed E-state index contributed by atoms with van der Waals surface area (Å²) in [5.41, 5.74) is 1.38. The molecule has 1 N–H and O–H groups in total. The van der Waals surface area contributed by atoms with Gasteiger partial charge in [-0.2, -0.15) is 0 Å². The quantitative estimate of drug-likeness (QED) is 0.941. The van der Waals surface area contributed by atoms with E-state index in [2.05, 4.69) is 10.3 Å². The second-order valence-corrected chi connectivity index (χ2v) is 4.78. The van der Waals surface area contributed by atoms with Gasteiger partial charge in [0.05, 0.1) is 19.2 Å². The summed E-state index contributed by atoms with van der Waals surface area (Å²) in [6, 6.07) is 6.68. The first kappa shape index (κ1) is 15.1. The van der Waals surface area contributed by atoms with Gasteiger partial charge in [-0.3, -0.25) is 4.79 Å². The summed E-state index contributed by atoms with van der Waals surface area (Å²) in [6.45, 7) is 1.92. The summed E-state index contributed by atoms with van der Waals surface area (Å²) < 4.78 is 10.3. The molecule has 0 bridgehead atoms. The van der Waals surface area contributed by atoms with Crippen LogP contribution in [0.5, 0.6) is 11.5 Å². The zero-order valence-corrected chi connectivity index (χ0v) is 12.7. The molecule has 0 aliphatic carbocycles. The zero-order chi connectivity index (χ0) is 15.4. The number of nitrogens with zero attached hydrogens (tertiary/aromatic N) is 1. The van der Waals surface area contributed by atoms with Gasteiger partial charge in [0.25, 0.3) is 5.91 Å². The first-order chi connectivity index (χ1) is 10.0. The van der Waals surface area contributed by atoms with E-state index in [4.69, 9.17) is 21.1 Å². The van der Waals surface area contributed by atoms with Crippen LogP contribution in [-0.4, -0.2) is 25.1 Å². The molecule has 0 saturated heterocycles. The third-order valence-corrected chi connectivity index (χ3v) is 3.13. The van der Waals surface area contributed by atoms with E-state index in [-0.39, 0.29) is 5.91 Å². The second-order valence-electron chi connectivity index (χ2n) is 4.37. The number of nitrogens with one attached hydrogen (secondary N) is 1. The lowest BCUT2D eigenvalue weighted by Gasteiger charge is -2.11. The number of halogens is 1. The molecule has 0 aliphatic rings. The van der Waals surface area contributed by atoms with Crippen molar-refractivity contribution in [1.82, 2.24) is 4.98 Å². The van der Waals surface area contributed by atoms with Gasteiger partial charge in [-0.25, -0.2) is 4.98 Å². The van der Waals surface area contributed by atoms with Crippen LogP contribution in [0.4, 0.5) is 5.82 Å². The minimum Gasteiger partial charge on any atom is -0.493 e. The average molecular weight is 307 g/mol. The average Bonchev–Trinajstić information content (AvgIpc) is 2.48. The lowest BCUT2D eigenvalue weighted by molar-refractivity contribution is 0.102. The molecule has 1 aromatic heterocycles. The maximum Gasteiger partial charge on any atom is 0.257 e. The third kappa shape index (κ3) is 3.44. The van der Waals surface area contributed by atoms with Gasteiger partial charge < -0.3 is 14.8 Å². The van der Waals surface area contributed by atoms with E-state index in [0.29, 0.717) is 27.9 Å². The Balaban J connectivity index is 2.27. The van der Waals surface area contributed by atoms with Crippen molar-refractivity contribution in [2.45, 2.75) is 6.92 Å². The van der Waals surface area contributed by atoms with Gasteiger partial charge in [0, 0.05) is 11.8 Å². The number of ether oxygens (including phenoxy) is 2. The molecular formula is C15H15ClN2O3. The Kier molecular flexibility index (Phi) is 4.65. The largest absolute Gasteiger partial charge is 0.493 e. The molecule has 0 aliphatic heterocycles. The summed E-state index contributed by atoms with van der Waals surface area (Å²) in [5, 5.41) is 3.00. The minimum atomic E-state index is -0.325. The van der Waals surface area contributed by atoms with Crippen LogP contribution >= 0.6 is 11.6 Å². The molecule has 2 rings (SSSR count). The molecule has 6 heteroatoms. The van der Waals surface area contributed by atoms with Crippen molar-refractivity contribution < 1.29 is 14.3 Å². The smallest absolute Gasteiger partial charge is 0.257 e. The van der Waals surface area contributed by atoms with Gasteiger partial charge in [0.1, 0.15) is 5.82 Å². The number of hydrogen-bond donors (Lipinski definition) is 1. The Labute approximate surface area is 127 Å². The molecule has 2 aromatic rings. The van der Waals surface area contributed by atoms with Crippen molar-refractivity contribution in [2.24, 2.45) is 0 Å². The van der Waals surface area contributed by atoms with Crippen LogP contribution in [0.2, 0.25) is 5.02 Å². The number of pyridine rings is 1. The van der Waals surface area contributed by atoms with Crippen LogP contribution in [0.3, 0.4) is 0 Å². The molecule has 0 unspecified atom stereocenters. The Morgan fingerprint density at radius 2 is 2.00 bits per heavy atom. The van der Waals surface area contributed by atoms with Gasteiger partial charge >= 0.3 is 0 Å². The first-order valence-electron chi connectivity index (χ1n) is 6.20. The highest BCUT2D eigenvalue weighted by atomic mass is 35.5. The minimum absolute atomic E-state index is 0.305. The van der Waals surface area contributed by atoms with Crippen molar-refractivity contribution in [1.29, 1.82) is 0 Å². The highest BCUT2D eigenvalue weighted by Crippen LogP contribution is 2.36. The number of carbonyl (C=O) groups is 1. The maximum atomic E-state index is 12.2. The highest BCUT2D eigenvalue weighted by molar-refractivity contribution is 6.32. The van der Waals surface area contributed by atoms with E-state index in [9.17, 15) is 4.79 Å². The van der Waals surface area contributed by atoms with Crippen molar-refractivity contribution in [3.05, 3.63) is 46.6 Å². The molecule has 1 heterocycles. The Morgan fingerprint density at radius 1 is 1.24 bits per heavy atom. The van der Waals surface area contributed by atoms with Gasteiger partial charge in [-0.1, -0.05) is 17.7 Å². The van der Waals surface area contributed by atoms with Crippen LogP contribution in [0.1, 0.15) is 15.9 Å². The van der Waals surface area contributed by atoms with Gasteiger partial charge in [-0.05, 0) is 30.7 Å². The Hall–Kier alpha value is -2.27. The van der Waals surface area contributed by atoms with Crippen molar-refractivity contribution in [3.63, 3.8) is 0 Å². The number of carbonyl (C=O) groups excluding carboxylic acids is 1. The van der Waals surface area contributed by atoms with Gasteiger partial charge in [0.15, 0.2) is 11.5 Å². The number of amides is 1. The fraction of sp³-hybridized carbons (Fsp3) is 0.200. The molecule has 0 fully saturated rings. The molecule has 0 radical (unpaired) electrons. The van der Waals surface area contributed by atoms with Crippen LogP contribution in [0.25, 0.3) is 0 Å². The highest BCUT2D eigenvalue weighted by Gasteiger charge is 2.15. The fourth-order valence-corrected chi connectivity index (χ4v) is 2.07. The molecule has 0 spiro atoms. The molecular weight excluding hydrogens is 292 g/mol. The van der Waals surface area contributed by atoms with Crippen LogP contribution in [-0.2, 0) is 0 Å². The molecule has 21 heavy (non-hydrogen) atoms. The van der Waals surface area contributed by atoms with E-state index in [0.717, 1.165) is 5.56 Å². The molecule has 110 valence electrons. The van der Waals surface area contributed by atoms with Gasteiger partial charge in [0.2, 0.25) is 0 Å². The SMILES string of the molecule is COc1cc(C(=O)Nc2ccc(C)cn2)cc(Cl)c1OC. The van der Waals surface area contributed by atoms with E-state index in [1.54, 1.807) is 18.3 Å². The van der Waals surface area contributed by atoms with Gasteiger partial charge in [-0.15, -0.1) is 0 Å². The Morgan fingerprint density at radius 3 is 2.57 bits per heavy atom. The fourth-order valence-electron chi connectivity index (χ4n) is 1.78. The predicted molar refractivity (Wildman–Crippen MR) is 81.5 cm³/mol. The normalized spacial score (nSPS) is 10.1. The maximum absolute atomic E-state index is 12.2. The predicted octanol–water partition coefficient (Wildman–Crippen LogP) is 3.31. The summed E-state index contributed by atoms with van der Waals surface area (Å²) >= 11 is 6.08. The van der Waals surface area contributed by atoms with Crippen molar-refractivity contribution >= 4 is 23.3 Å². The number of hydrogen-bond acceptors (Lipinski definition) is 4. The van der Waals surface area contributed by atoms with Crippen molar-refractivity contribution in [2.75, 3.05) is 19.5 Å². The van der Waals surface area contributed by atoms with E-state index in [1.165, 1.54) is 20.3 Å². The van der Waals surface area contributed by atoms with E-state index < -0.39 is 0 Å². The number of rotatable bonds is 4. The molecule has 5 nitrogen and oxygen atoms in total. The number of aryl methyl sites for hydroxylation is 1. The van der Waals surface area contributed by atoms with Crippen LogP contribution in [0.15, 0.2) is 30.5 Å². The molecule has 1 aromatic carbocycles. The molecule has 1 amide bonds. The topological polar surface area (TPSA) is 60.5 Å². The summed E-state index contributed by atoms with van der Waals surface area (Å²) in [5.74, 6) is 0.932. The lowest BCUT2D eigenvalue weighted by Crippen LogP contribution is -2.13. The summed E-state index contributed by atoms with van der Waals surface area (Å²) in [6.07, 6.45) is 1.68. The molecule has 0 saturated carbocycles. The number of benzene rings is 1. The third-order valence-electron chi connectivity index (χ3n) is 2.85. The number of methoxy groups -OCH3 is 2. The van der Waals surface area contributed by atoms with Crippen LogP contribution in [0, 0.1) is 6.92 Å². The number of aromatic nitrogens is 1. The van der Waals surface area contributed by atoms with Crippen LogP contribution < -0.4 is 14.8 Å². The second kappa shape index (κ2) is 6.45. The monoisotopic (exact) mass is 306 g/mol. The first-order valence-corrected chi connectivity index (χ1v) is 6.58. The van der Waals surface area contributed by atoms with Crippen molar-refractivity contribution in [3.8, 4) is 11.5 Å². The summed E-state index contributed by atoms with van der Waals surface area (Å²) in [4.78, 5) is 16.3. The Bertz CT molecular complexity index is 657. The lowest BCUT2D eigenvalue weighted by atomic mass is 10.2.